The average molecular weight is 437 g/mol. The van der Waals surface area contributed by atoms with E-state index in [9.17, 15) is 9.59 Å². The Balaban J connectivity index is 1.50. The van der Waals surface area contributed by atoms with E-state index in [0.717, 1.165) is 62.8 Å². The number of carbonyl (C=O) groups excluding carboxylic acids is 2. The monoisotopic (exact) mass is 436 g/mol. The fraction of sp³-hybridized carbons (Fsp3) is 0.520. The third kappa shape index (κ3) is 5.09. The van der Waals surface area contributed by atoms with Crippen molar-refractivity contribution in [3.05, 3.63) is 59.8 Å². The molecule has 2 aliphatic carbocycles. The molecule has 2 amide bonds. The van der Waals surface area contributed by atoms with Crippen molar-refractivity contribution in [2.24, 2.45) is 0 Å². The Hall–Kier alpha value is -2.96. The lowest BCUT2D eigenvalue weighted by molar-refractivity contribution is -0.116. The zero-order chi connectivity index (χ0) is 22.4. The molecule has 0 radical (unpaired) electrons. The first-order chi connectivity index (χ1) is 15.6. The summed E-state index contributed by atoms with van der Waals surface area (Å²) >= 11 is 0. The Kier molecular flexibility index (Phi) is 7.02. The Morgan fingerprint density at radius 1 is 1.06 bits per heavy atom. The second kappa shape index (κ2) is 10.1. The van der Waals surface area contributed by atoms with E-state index in [2.05, 4.69) is 22.4 Å². The van der Waals surface area contributed by atoms with Crippen molar-refractivity contribution in [2.45, 2.75) is 82.2 Å². The first-order valence-electron chi connectivity index (χ1n) is 11.8. The molecule has 0 bridgehead atoms. The Morgan fingerprint density at radius 3 is 2.41 bits per heavy atom. The smallest absolute Gasteiger partial charge is 0.252 e. The number of carbonyl (C=O) groups is 2. The number of nitrogens with zero attached hydrogens (tertiary/aromatic N) is 2. The maximum atomic E-state index is 13.2. The van der Waals surface area contributed by atoms with Gasteiger partial charge in [0.15, 0.2) is 5.82 Å². The van der Waals surface area contributed by atoms with Gasteiger partial charge in [-0.1, -0.05) is 62.4 Å². The van der Waals surface area contributed by atoms with Gasteiger partial charge < -0.3 is 15.2 Å². The fourth-order valence-corrected chi connectivity index (χ4v) is 4.83. The van der Waals surface area contributed by atoms with Crippen molar-refractivity contribution in [1.29, 1.82) is 0 Å². The van der Waals surface area contributed by atoms with E-state index in [-0.39, 0.29) is 11.8 Å². The normalized spacial score (nSPS) is 18.6. The molecule has 0 unspecified atom stereocenters. The van der Waals surface area contributed by atoms with Crippen molar-refractivity contribution in [1.82, 2.24) is 20.8 Å². The molecule has 7 nitrogen and oxygen atoms in total. The van der Waals surface area contributed by atoms with Gasteiger partial charge in [0.05, 0.1) is 0 Å². The molecule has 2 N–H and O–H groups in total. The van der Waals surface area contributed by atoms with Gasteiger partial charge in [-0.2, -0.15) is 4.98 Å². The highest BCUT2D eigenvalue weighted by Gasteiger charge is 2.40. The van der Waals surface area contributed by atoms with Gasteiger partial charge >= 0.3 is 0 Å². The minimum atomic E-state index is -0.593. The molecule has 1 aromatic heterocycles. The minimum Gasteiger partial charge on any atom is -0.348 e. The van der Waals surface area contributed by atoms with E-state index in [1.165, 1.54) is 18.9 Å². The maximum absolute atomic E-state index is 13.2. The highest BCUT2D eigenvalue weighted by atomic mass is 16.5. The van der Waals surface area contributed by atoms with Crippen molar-refractivity contribution < 1.29 is 14.1 Å². The van der Waals surface area contributed by atoms with Gasteiger partial charge in [-0.05, 0) is 49.5 Å². The molecule has 0 saturated heterocycles. The summed E-state index contributed by atoms with van der Waals surface area (Å²) in [7, 11) is 0. The number of hydrogen-bond donors (Lipinski definition) is 2. The van der Waals surface area contributed by atoms with E-state index in [1.807, 2.05) is 12.1 Å². The van der Waals surface area contributed by atoms with E-state index >= 15 is 0 Å². The summed E-state index contributed by atoms with van der Waals surface area (Å²) < 4.78 is 5.67. The van der Waals surface area contributed by atoms with Gasteiger partial charge in [-0.3, -0.25) is 9.59 Å². The van der Waals surface area contributed by atoms with Crippen LogP contribution < -0.4 is 10.6 Å². The third-order valence-corrected chi connectivity index (χ3v) is 6.75. The van der Waals surface area contributed by atoms with Gasteiger partial charge in [0.1, 0.15) is 5.54 Å². The fourth-order valence-electron chi connectivity index (χ4n) is 4.83. The lowest BCUT2D eigenvalue weighted by Crippen LogP contribution is -2.46. The molecule has 7 heteroatoms. The topological polar surface area (TPSA) is 97.1 Å². The van der Waals surface area contributed by atoms with E-state index in [0.29, 0.717) is 23.9 Å². The van der Waals surface area contributed by atoms with Crippen LogP contribution in [0.15, 0.2) is 41.4 Å². The summed E-state index contributed by atoms with van der Waals surface area (Å²) in [5.74, 6) is 1.34. The maximum Gasteiger partial charge on any atom is 0.252 e. The molecule has 0 spiro atoms. The number of nitrogens with one attached hydrogen (secondary N) is 2. The molecule has 0 aliphatic heterocycles. The molecule has 32 heavy (non-hydrogen) atoms. The lowest BCUT2D eigenvalue weighted by Gasteiger charge is -2.30. The number of hydrogen-bond acceptors (Lipinski definition) is 5. The predicted molar refractivity (Wildman–Crippen MR) is 121 cm³/mol. The zero-order valence-corrected chi connectivity index (χ0v) is 18.6. The van der Waals surface area contributed by atoms with E-state index in [4.69, 9.17) is 9.51 Å². The van der Waals surface area contributed by atoms with Crippen molar-refractivity contribution in [2.75, 3.05) is 0 Å². The minimum absolute atomic E-state index is 0.138. The van der Waals surface area contributed by atoms with E-state index in [1.54, 1.807) is 12.1 Å². The molecule has 2 fully saturated rings. The summed E-state index contributed by atoms with van der Waals surface area (Å²) in [5, 5.41) is 10.4. The van der Waals surface area contributed by atoms with Gasteiger partial charge in [-0.15, -0.1) is 0 Å². The second-order valence-electron chi connectivity index (χ2n) is 9.01. The average Bonchev–Trinajstić information content (AvgIpc) is 3.47. The van der Waals surface area contributed by atoms with Crippen molar-refractivity contribution in [3.8, 4) is 0 Å². The highest BCUT2D eigenvalue weighted by molar-refractivity contribution is 5.94. The van der Waals surface area contributed by atoms with Crippen LogP contribution in [0.4, 0.5) is 0 Å². The first kappa shape index (κ1) is 22.2. The Morgan fingerprint density at radius 2 is 1.75 bits per heavy atom. The van der Waals surface area contributed by atoms with Gasteiger partial charge in [0.25, 0.3) is 5.91 Å². The molecule has 2 saturated carbocycles. The summed E-state index contributed by atoms with van der Waals surface area (Å²) in [5.41, 5.74) is 0.900. The summed E-state index contributed by atoms with van der Waals surface area (Å²) in [6, 6.07) is 7.28. The molecule has 0 atom stereocenters. The predicted octanol–water partition coefficient (Wildman–Crippen LogP) is 4.51. The van der Waals surface area contributed by atoms with Crippen LogP contribution in [0.5, 0.6) is 0 Å². The quantitative estimate of drug-likeness (QED) is 0.492. The number of benzene rings is 1. The van der Waals surface area contributed by atoms with Gasteiger partial charge in [-0.25, -0.2) is 0 Å². The number of amides is 2. The van der Waals surface area contributed by atoms with Crippen LogP contribution in [0.1, 0.15) is 97.8 Å². The van der Waals surface area contributed by atoms with Crippen LogP contribution >= 0.6 is 0 Å². The summed E-state index contributed by atoms with van der Waals surface area (Å²) in [6.07, 6.45) is 11.8. The number of rotatable bonds is 7. The molecule has 4 rings (SSSR count). The summed E-state index contributed by atoms with van der Waals surface area (Å²) in [4.78, 5) is 29.4. The molecule has 2 aliphatic rings. The van der Waals surface area contributed by atoms with Crippen molar-refractivity contribution in [3.63, 3.8) is 0 Å². The van der Waals surface area contributed by atoms with Crippen molar-refractivity contribution >= 4 is 11.8 Å². The van der Waals surface area contributed by atoms with Gasteiger partial charge in [0, 0.05) is 18.0 Å². The molecule has 1 aromatic carbocycles. The van der Waals surface area contributed by atoms with E-state index < -0.39 is 5.54 Å². The molecule has 1 heterocycles. The van der Waals surface area contributed by atoms with Crippen LogP contribution in [0.2, 0.25) is 0 Å². The second-order valence-corrected chi connectivity index (χ2v) is 9.01. The third-order valence-electron chi connectivity index (χ3n) is 6.75. The van der Waals surface area contributed by atoms with Crippen LogP contribution in [-0.2, 0) is 16.9 Å². The largest absolute Gasteiger partial charge is 0.348 e. The highest BCUT2D eigenvalue weighted by Crippen LogP contribution is 2.38. The van der Waals surface area contributed by atoms with Crippen LogP contribution in [-0.4, -0.2) is 22.0 Å². The lowest BCUT2D eigenvalue weighted by atomic mass is 9.88. The Labute approximate surface area is 189 Å². The molecular weight excluding hydrogens is 404 g/mol. The Bertz CT molecular complexity index is 936. The zero-order valence-electron chi connectivity index (χ0n) is 18.6. The summed E-state index contributed by atoms with van der Waals surface area (Å²) in [6.45, 7) is 3.84. The molecular formula is C25H32N4O3. The van der Waals surface area contributed by atoms with Crippen LogP contribution in [0.25, 0.3) is 0 Å². The molecule has 2 aromatic rings. The standard InChI is InChI=1S/C25H32N4O3/c1-2-21(30)26-17-18-11-13-19(14-12-18)22(31)28-25(15-7-3-4-8-16-25)24-27-23(32-29-24)20-9-5-6-10-20/h2,11-14,20H,1,3-10,15-17H2,(H,26,30)(H,28,31). The van der Waals surface area contributed by atoms with Crippen LogP contribution in [0.3, 0.4) is 0 Å². The van der Waals surface area contributed by atoms with Gasteiger partial charge in [0.2, 0.25) is 11.8 Å². The molecule has 170 valence electrons. The number of aromatic nitrogens is 2. The first-order valence-corrected chi connectivity index (χ1v) is 11.8. The van der Waals surface area contributed by atoms with Crippen LogP contribution in [0, 0.1) is 0 Å². The SMILES string of the molecule is C=CC(=O)NCc1ccc(C(=O)NC2(c3noc(C4CCCC4)n3)CCCCCC2)cc1.